The predicted octanol–water partition coefficient (Wildman–Crippen LogP) is 1.91. The van der Waals surface area contributed by atoms with E-state index in [1.807, 2.05) is 18.2 Å². The van der Waals surface area contributed by atoms with E-state index in [-0.39, 0.29) is 30.5 Å². The van der Waals surface area contributed by atoms with Crippen LogP contribution in [0.15, 0.2) is 48.9 Å². The summed E-state index contributed by atoms with van der Waals surface area (Å²) in [6, 6.07) is 10.1. The van der Waals surface area contributed by atoms with Gasteiger partial charge in [-0.15, -0.1) is 0 Å². The Hall–Kier alpha value is -2.76. The van der Waals surface area contributed by atoms with Crippen LogP contribution in [-0.4, -0.2) is 34.9 Å². The van der Waals surface area contributed by atoms with E-state index >= 15 is 0 Å². The third-order valence-electron chi connectivity index (χ3n) is 3.74. The monoisotopic (exact) mass is 326 g/mol. The molecule has 0 bridgehead atoms. The summed E-state index contributed by atoms with van der Waals surface area (Å²) in [7, 11) is 0. The third-order valence-corrected chi connectivity index (χ3v) is 3.74. The lowest BCUT2D eigenvalue weighted by atomic mass is 9.96. The molecule has 0 aliphatic rings. The molecule has 1 heterocycles. The van der Waals surface area contributed by atoms with Crippen LogP contribution in [0.2, 0.25) is 0 Å². The fourth-order valence-corrected chi connectivity index (χ4v) is 2.34. The summed E-state index contributed by atoms with van der Waals surface area (Å²) in [5.41, 5.74) is 1.46. The first-order valence-electron chi connectivity index (χ1n) is 8.06. The minimum atomic E-state index is -0.327. The second-order valence-electron chi connectivity index (χ2n) is 5.42. The maximum atomic E-state index is 11.9. The summed E-state index contributed by atoms with van der Waals surface area (Å²) in [6.45, 7) is 2.96. The van der Waals surface area contributed by atoms with Gasteiger partial charge in [-0.1, -0.05) is 37.3 Å². The zero-order chi connectivity index (χ0) is 17.2. The Balaban J connectivity index is 1.70. The van der Waals surface area contributed by atoms with Crippen molar-refractivity contribution in [3.63, 3.8) is 0 Å². The van der Waals surface area contributed by atoms with Crippen molar-refractivity contribution >= 4 is 11.8 Å². The molecule has 2 aromatic rings. The number of nitrogens with zero attached hydrogens (tertiary/aromatic N) is 2. The van der Waals surface area contributed by atoms with Crippen molar-refractivity contribution in [1.82, 2.24) is 20.6 Å². The van der Waals surface area contributed by atoms with Gasteiger partial charge >= 0.3 is 0 Å². The topological polar surface area (TPSA) is 84.0 Å². The lowest BCUT2D eigenvalue weighted by Gasteiger charge is -2.16. The van der Waals surface area contributed by atoms with Gasteiger partial charge in [0.2, 0.25) is 5.91 Å². The van der Waals surface area contributed by atoms with Gasteiger partial charge in [-0.05, 0) is 12.0 Å². The zero-order valence-electron chi connectivity index (χ0n) is 13.7. The minimum absolute atomic E-state index is 0.0798. The molecule has 1 unspecified atom stereocenters. The predicted molar refractivity (Wildman–Crippen MR) is 91.5 cm³/mol. The van der Waals surface area contributed by atoms with Crippen molar-refractivity contribution in [1.29, 1.82) is 0 Å². The number of hydrogen-bond donors (Lipinski definition) is 2. The van der Waals surface area contributed by atoms with E-state index in [9.17, 15) is 9.59 Å². The maximum Gasteiger partial charge on any atom is 0.271 e. The van der Waals surface area contributed by atoms with E-state index in [0.29, 0.717) is 12.5 Å². The highest BCUT2D eigenvalue weighted by Gasteiger charge is 2.11. The van der Waals surface area contributed by atoms with Gasteiger partial charge in [0.25, 0.3) is 5.91 Å². The Bertz CT molecular complexity index is 647. The van der Waals surface area contributed by atoms with Crippen LogP contribution in [0.5, 0.6) is 0 Å². The lowest BCUT2D eigenvalue weighted by molar-refractivity contribution is -0.121. The van der Waals surface area contributed by atoms with Gasteiger partial charge in [-0.3, -0.25) is 14.6 Å². The van der Waals surface area contributed by atoms with Gasteiger partial charge in [0.15, 0.2) is 0 Å². The summed E-state index contributed by atoms with van der Waals surface area (Å²) < 4.78 is 0. The van der Waals surface area contributed by atoms with E-state index in [1.165, 1.54) is 24.2 Å². The number of carbonyl (C=O) groups excluding carboxylic acids is 2. The van der Waals surface area contributed by atoms with Crippen molar-refractivity contribution in [2.75, 3.05) is 13.1 Å². The van der Waals surface area contributed by atoms with Crippen LogP contribution in [0, 0.1) is 0 Å². The first kappa shape index (κ1) is 17.6. The van der Waals surface area contributed by atoms with Crippen molar-refractivity contribution in [2.45, 2.75) is 25.7 Å². The van der Waals surface area contributed by atoms with E-state index in [2.05, 4.69) is 39.7 Å². The summed E-state index contributed by atoms with van der Waals surface area (Å²) in [5.74, 6) is -0.111. The van der Waals surface area contributed by atoms with Crippen LogP contribution in [0.3, 0.4) is 0 Å². The van der Waals surface area contributed by atoms with Crippen LogP contribution in [0.4, 0.5) is 0 Å². The van der Waals surface area contributed by atoms with Crippen LogP contribution in [0.25, 0.3) is 0 Å². The Morgan fingerprint density at radius 1 is 1.12 bits per heavy atom. The Kier molecular flexibility index (Phi) is 6.89. The van der Waals surface area contributed by atoms with Crippen LogP contribution in [-0.2, 0) is 4.79 Å². The molecule has 0 saturated heterocycles. The molecule has 0 radical (unpaired) electrons. The second kappa shape index (κ2) is 9.39. The van der Waals surface area contributed by atoms with Crippen molar-refractivity contribution in [3.8, 4) is 0 Å². The summed E-state index contributed by atoms with van der Waals surface area (Å²) in [4.78, 5) is 31.4. The number of aromatic nitrogens is 2. The largest absolute Gasteiger partial charge is 0.355 e. The van der Waals surface area contributed by atoms with E-state index in [4.69, 9.17) is 0 Å². The average molecular weight is 326 g/mol. The molecule has 2 amide bonds. The molecule has 126 valence electrons. The van der Waals surface area contributed by atoms with Crippen molar-refractivity contribution in [2.24, 2.45) is 0 Å². The average Bonchev–Trinajstić information content (AvgIpc) is 2.64. The molecule has 2 N–H and O–H groups in total. The van der Waals surface area contributed by atoms with E-state index in [0.717, 1.165) is 6.42 Å². The van der Waals surface area contributed by atoms with Gasteiger partial charge in [0, 0.05) is 37.8 Å². The Labute approximate surface area is 141 Å². The number of benzene rings is 1. The molecular formula is C18H22N4O2. The van der Waals surface area contributed by atoms with Gasteiger partial charge in [0.05, 0.1) is 6.20 Å². The van der Waals surface area contributed by atoms with Gasteiger partial charge < -0.3 is 10.6 Å². The molecule has 6 heteroatoms. The first-order valence-corrected chi connectivity index (χ1v) is 8.06. The smallest absolute Gasteiger partial charge is 0.271 e. The van der Waals surface area contributed by atoms with Crippen LogP contribution in [0.1, 0.15) is 41.7 Å². The highest BCUT2D eigenvalue weighted by atomic mass is 16.2. The molecule has 2 rings (SSSR count). The van der Waals surface area contributed by atoms with Crippen LogP contribution >= 0.6 is 0 Å². The van der Waals surface area contributed by atoms with Crippen LogP contribution < -0.4 is 10.6 Å². The quantitative estimate of drug-likeness (QED) is 0.776. The number of nitrogens with one attached hydrogen (secondary N) is 2. The normalized spacial score (nSPS) is 11.5. The molecule has 1 aromatic heterocycles. The molecule has 1 aromatic carbocycles. The molecule has 0 aliphatic carbocycles. The van der Waals surface area contributed by atoms with Gasteiger partial charge in [-0.25, -0.2) is 4.98 Å². The summed E-state index contributed by atoms with van der Waals surface area (Å²) in [6.07, 6.45) is 5.53. The first-order chi connectivity index (χ1) is 11.7. The number of rotatable bonds is 8. The zero-order valence-corrected chi connectivity index (χ0v) is 13.7. The molecule has 6 nitrogen and oxygen atoms in total. The molecule has 0 spiro atoms. The molecular weight excluding hydrogens is 304 g/mol. The summed E-state index contributed by atoms with van der Waals surface area (Å²) >= 11 is 0. The number of hydrogen-bond acceptors (Lipinski definition) is 4. The maximum absolute atomic E-state index is 11.9. The number of amides is 2. The van der Waals surface area contributed by atoms with Crippen molar-refractivity contribution < 1.29 is 9.59 Å². The van der Waals surface area contributed by atoms with E-state index < -0.39 is 0 Å². The minimum Gasteiger partial charge on any atom is -0.355 e. The van der Waals surface area contributed by atoms with Gasteiger partial charge in [0.1, 0.15) is 5.69 Å². The van der Waals surface area contributed by atoms with E-state index in [1.54, 1.807) is 0 Å². The SMILES string of the molecule is CCC(CNC(=O)CCNC(=O)c1cnccn1)c1ccccc1. The fraction of sp³-hybridized carbons (Fsp3) is 0.333. The molecule has 1 atom stereocenters. The number of carbonyl (C=O) groups is 2. The van der Waals surface area contributed by atoms with Gasteiger partial charge in [-0.2, -0.15) is 0 Å². The molecule has 0 saturated carbocycles. The highest BCUT2D eigenvalue weighted by molar-refractivity contribution is 5.92. The highest BCUT2D eigenvalue weighted by Crippen LogP contribution is 2.17. The van der Waals surface area contributed by atoms with Crippen molar-refractivity contribution in [3.05, 3.63) is 60.2 Å². The second-order valence-corrected chi connectivity index (χ2v) is 5.42. The lowest BCUT2D eigenvalue weighted by Crippen LogP contribution is -2.33. The standard InChI is InChI=1S/C18H22N4O2/c1-2-14(15-6-4-3-5-7-15)12-22-17(23)8-9-21-18(24)16-13-19-10-11-20-16/h3-7,10-11,13-14H,2,8-9,12H2,1H3,(H,21,24)(H,22,23). The molecule has 24 heavy (non-hydrogen) atoms. The molecule has 0 fully saturated rings. The Morgan fingerprint density at radius 3 is 2.58 bits per heavy atom. The third kappa shape index (κ3) is 5.46. The molecule has 0 aliphatic heterocycles. The summed E-state index contributed by atoms with van der Waals surface area (Å²) in [5, 5.41) is 5.59. The Morgan fingerprint density at radius 2 is 1.92 bits per heavy atom. The fourth-order valence-electron chi connectivity index (χ4n) is 2.34.